The van der Waals surface area contributed by atoms with Gasteiger partial charge in [-0.1, -0.05) is 0 Å². The zero-order chi connectivity index (χ0) is 14.6. The van der Waals surface area contributed by atoms with Gasteiger partial charge in [0, 0.05) is 19.3 Å². The molecule has 3 heterocycles. The second-order valence-electron chi connectivity index (χ2n) is 5.88. The Morgan fingerprint density at radius 3 is 2.86 bits per heavy atom. The Bertz CT molecular complexity index is 631. The van der Waals surface area contributed by atoms with Gasteiger partial charge in [-0.15, -0.1) is 0 Å². The Morgan fingerprint density at radius 2 is 2.19 bits per heavy atom. The minimum absolute atomic E-state index is 0.124. The van der Waals surface area contributed by atoms with E-state index in [0.717, 1.165) is 12.8 Å². The number of hydrogen-bond acceptors (Lipinski definition) is 4. The highest BCUT2D eigenvalue weighted by Gasteiger charge is 2.61. The molecule has 4 rings (SSSR count). The maximum atomic E-state index is 13.8. The molecular formula is C14H15FN4O2. The Morgan fingerprint density at radius 1 is 1.38 bits per heavy atom. The Labute approximate surface area is 120 Å². The number of carbonyl (C=O) groups excluding carboxylic acids is 2. The van der Waals surface area contributed by atoms with Crippen molar-refractivity contribution in [3.8, 4) is 0 Å². The van der Waals surface area contributed by atoms with Gasteiger partial charge in [-0.3, -0.25) is 9.69 Å². The van der Waals surface area contributed by atoms with Crippen molar-refractivity contribution in [2.24, 2.45) is 0 Å². The molecule has 1 aromatic heterocycles. The van der Waals surface area contributed by atoms with Gasteiger partial charge < -0.3 is 10.2 Å². The molecule has 1 unspecified atom stereocenters. The molecule has 2 aliphatic heterocycles. The van der Waals surface area contributed by atoms with Crippen molar-refractivity contribution in [2.45, 2.75) is 30.8 Å². The molecule has 3 fully saturated rings. The average molecular weight is 290 g/mol. The summed E-state index contributed by atoms with van der Waals surface area (Å²) in [6.45, 7) is 1.02. The van der Waals surface area contributed by atoms with E-state index in [-0.39, 0.29) is 29.6 Å². The first-order valence-corrected chi connectivity index (χ1v) is 7.12. The van der Waals surface area contributed by atoms with Gasteiger partial charge in [-0.25, -0.2) is 14.2 Å². The number of hydrogen-bond donors (Lipinski definition) is 1. The first kappa shape index (κ1) is 12.6. The lowest BCUT2D eigenvalue weighted by atomic mass is 10.2. The number of nitrogens with zero attached hydrogens (tertiary/aromatic N) is 3. The quantitative estimate of drug-likeness (QED) is 0.821. The summed E-state index contributed by atoms with van der Waals surface area (Å²) < 4.78 is 13.8. The Hall–Kier alpha value is -2.18. The number of imide groups is 1. The molecule has 1 aromatic rings. The third kappa shape index (κ3) is 1.80. The zero-order valence-corrected chi connectivity index (χ0v) is 11.4. The second-order valence-corrected chi connectivity index (χ2v) is 5.88. The number of rotatable bonds is 2. The van der Waals surface area contributed by atoms with E-state index in [0.29, 0.717) is 19.5 Å². The van der Waals surface area contributed by atoms with Crippen LogP contribution in [0.25, 0.3) is 0 Å². The van der Waals surface area contributed by atoms with Crippen molar-refractivity contribution < 1.29 is 14.0 Å². The molecule has 1 aliphatic carbocycles. The molecule has 7 heteroatoms. The number of amides is 3. The van der Waals surface area contributed by atoms with E-state index >= 15 is 0 Å². The molecule has 110 valence electrons. The van der Waals surface area contributed by atoms with Crippen LogP contribution in [0.1, 0.15) is 19.3 Å². The average Bonchev–Trinajstić information content (AvgIpc) is 3.00. The van der Waals surface area contributed by atoms with E-state index in [2.05, 4.69) is 10.3 Å². The van der Waals surface area contributed by atoms with Gasteiger partial charge in [0.25, 0.3) is 5.91 Å². The van der Waals surface area contributed by atoms with E-state index in [1.54, 1.807) is 17.2 Å². The number of nitrogens with one attached hydrogen (secondary N) is 1. The first-order valence-electron chi connectivity index (χ1n) is 7.12. The predicted molar refractivity (Wildman–Crippen MR) is 72.2 cm³/mol. The van der Waals surface area contributed by atoms with E-state index < -0.39 is 5.54 Å². The summed E-state index contributed by atoms with van der Waals surface area (Å²) in [5.41, 5.74) is -0.624. The molecule has 0 aromatic carbocycles. The third-order valence-electron chi connectivity index (χ3n) is 4.51. The van der Waals surface area contributed by atoms with Crippen molar-refractivity contribution in [1.82, 2.24) is 15.2 Å². The summed E-state index contributed by atoms with van der Waals surface area (Å²) in [6.07, 6.45) is 3.63. The van der Waals surface area contributed by atoms with Crippen molar-refractivity contribution >= 4 is 17.8 Å². The fraction of sp³-hybridized carbons (Fsp3) is 0.500. The lowest BCUT2D eigenvalue weighted by Crippen LogP contribution is -2.43. The number of pyridine rings is 1. The van der Waals surface area contributed by atoms with Crippen LogP contribution >= 0.6 is 0 Å². The highest BCUT2D eigenvalue weighted by Crippen LogP contribution is 2.42. The number of aromatic nitrogens is 1. The summed E-state index contributed by atoms with van der Waals surface area (Å²) in [6, 6.07) is 2.38. The van der Waals surface area contributed by atoms with Crippen LogP contribution in [0.5, 0.6) is 0 Å². The molecule has 1 saturated carbocycles. The molecule has 1 N–H and O–H groups in total. The van der Waals surface area contributed by atoms with Crippen LogP contribution in [-0.2, 0) is 4.79 Å². The lowest BCUT2D eigenvalue weighted by molar-refractivity contribution is -0.129. The Balaban J connectivity index is 1.53. The molecule has 0 radical (unpaired) electrons. The summed E-state index contributed by atoms with van der Waals surface area (Å²) in [7, 11) is 0. The summed E-state index contributed by atoms with van der Waals surface area (Å²) >= 11 is 0. The first-order chi connectivity index (χ1) is 10.1. The van der Waals surface area contributed by atoms with Crippen molar-refractivity contribution in [2.75, 3.05) is 18.0 Å². The third-order valence-corrected chi connectivity index (χ3v) is 4.51. The standard InChI is InChI=1S/C14H15FN4O2/c15-10-2-1-6-16-11(10)18-7-3-9(8-18)19-12(20)14(4-5-14)17-13(19)21/h1-2,6,9H,3-5,7-8H2,(H,17,21). The van der Waals surface area contributed by atoms with Gasteiger partial charge in [0.15, 0.2) is 11.6 Å². The van der Waals surface area contributed by atoms with E-state index in [9.17, 15) is 14.0 Å². The normalized spacial score (nSPS) is 26.6. The maximum Gasteiger partial charge on any atom is 0.325 e. The molecular weight excluding hydrogens is 275 g/mol. The van der Waals surface area contributed by atoms with Gasteiger partial charge in [0.05, 0.1) is 6.04 Å². The van der Waals surface area contributed by atoms with Gasteiger partial charge >= 0.3 is 6.03 Å². The smallest absolute Gasteiger partial charge is 0.325 e. The maximum absolute atomic E-state index is 13.8. The lowest BCUT2D eigenvalue weighted by Gasteiger charge is -2.22. The minimum atomic E-state index is -0.624. The van der Waals surface area contributed by atoms with Gasteiger partial charge in [0.1, 0.15) is 5.54 Å². The zero-order valence-electron chi connectivity index (χ0n) is 11.4. The molecule has 6 nitrogen and oxygen atoms in total. The summed E-state index contributed by atoms with van der Waals surface area (Å²) in [5.74, 6) is -0.219. The molecule has 1 spiro atoms. The SMILES string of the molecule is O=C1NC2(CC2)C(=O)N1C1CCN(c2ncccc2F)C1. The van der Waals surface area contributed by atoms with Gasteiger partial charge in [0.2, 0.25) is 0 Å². The van der Waals surface area contributed by atoms with E-state index in [1.165, 1.54) is 11.0 Å². The number of urea groups is 1. The van der Waals surface area contributed by atoms with E-state index in [4.69, 9.17) is 0 Å². The van der Waals surface area contributed by atoms with Crippen molar-refractivity contribution in [3.63, 3.8) is 0 Å². The fourth-order valence-electron chi connectivity index (χ4n) is 3.19. The fourth-order valence-corrected chi connectivity index (χ4v) is 3.19. The van der Waals surface area contributed by atoms with Crippen LogP contribution < -0.4 is 10.2 Å². The molecule has 1 atom stereocenters. The second kappa shape index (κ2) is 4.16. The highest BCUT2D eigenvalue weighted by molar-refractivity contribution is 6.09. The molecule has 3 amide bonds. The summed E-state index contributed by atoms with van der Waals surface area (Å²) in [4.78, 5) is 31.5. The molecule has 3 aliphatic rings. The van der Waals surface area contributed by atoms with Crippen LogP contribution in [-0.4, -0.2) is 46.5 Å². The largest absolute Gasteiger partial charge is 0.352 e. The Kier molecular flexibility index (Phi) is 2.49. The predicted octanol–water partition coefficient (Wildman–Crippen LogP) is 0.884. The van der Waals surface area contributed by atoms with Gasteiger partial charge in [-0.05, 0) is 31.4 Å². The van der Waals surface area contributed by atoms with Crippen LogP contribution in [0.2, 0.25) is 0 Å². The molecule has 0 bridgehead atoms. The van der Waals surface area contributed by atoms with Crippen molar-refractivity contribution in [3.05, 3.63) is 24.1 Å². The van der Waals surface area contributed by atoms with Crippen LogP contribution in [0.3, 0.4) is 0 Å². The van der Waals surface area contributed by atoms with Crippen LogP contribution in [0.15, 0.2) is 18.3 Å². The van der Waals surface area contributed by atoms with Gasteiger partial charge in [-0.2, -0.15) is 0 Å². The molecule has 2 saturated heterocycles. The number of anilines is 1. The number of carbonyl (C=O) groups is 2. The van der Waals surface area contributed by atoms with Crippen molar-refractivity contribution in [1.29, 1.82) is 0 Å². The monoisotopic (exact) mass is 290 g/mol. The highest BCUT2D eigenvalue weighted by atomic mass is 19.1. The van der Waals surface area contributed by atoms with Crippen LogP contribution in [0.4, 0.5) is 15.0 Å². The number of halogens is 1. The van der Waals surface area contributed by atoms with E-state index in [1.807, 2.05) is 0 Å². The minimum Gasteiger partial charge on any atom is -0.352 e. The van der Waals surface area contributed by atoms with Crippen LogP contribution in [0, 0.1) is 5.82 Å². The topological polar surface area (TPSA) is 65.5 Å². The molecule has 21 heavy (non-hydrogen) atoms. The summed E-state index contributed by atoms with van der Waals surface area (Å²) in [5, 5.41) is 2.78.